The quantitative estimate of drug-likeness (QED) is 0.789. The average molecular weight is 276 g/mol. The SMILES string of the molecule is CCCCOc1cc(F)ccc1-c1ccc(=O)n(C)n1. The molecule has 2 rings (SSSR count). The van der Waals surface area contributed by atoms with Crippen LogP contribution in [0.25, 0.3) is 11.3 Å². The average Bonchev–Trinajstić information content (AvgIpc) is 2.43. The van der Waals surface area contributed by atoms with Gasteiger partial charge in [-0.25, -0.2) is 9.07 Å². The van der Waals surface area contributed by atoms with Crippen LogP contribution in [0.5, 0.6) is 5.75 Å². The van der Waals surface area contributed by atoms with Gasteiger partial charge in [-0.15, -0.1) is 0 Å². The summed E-state index contributed by atoms with van der Waals surface area (Å²) in [6, 6.07) is 7.36. The first-order valence-corrected chi connectivity index (χ1v) is 6.59. The van der Waals surface area contributed by atoms with E-state index in [2.05, 4.69) is 12.0 Å². The van der Waals surface area contributed by atoms with Crippen LogP contribution in [0.4, 0.5) is 4.39 Å². The van der Waals surface area contributed by atoms with Gasteiger partial charge in [-0.3, -0.25) is 4.79 Å². The van der Waals surface area contributed by atoms with E-state index in [4.69, 9.17) is 4.74 Å². The molecule has 0 unspecified atom stereocenters. The highest BCUT2D eigenvalue weighted by Gasteiger charge is 2.10. The molecule has 1 heterocycles. The molecule has 1 aromatic heterocycles. The lowest BCUT2D eigenvalue weighted by molar-refractivity contribution is 0.309. The van der Waals surface area contributed by atoms with Crippen LogP contribution in [0.15, 0.2) is 35.1 Å². The third-order valence-electron chi connectivity index (χ3n) is 2.94. The summed E-state index contributed by atoms with van der Waals surface area (Å²) in [7, 11) is 1.58. The zero-order valence-corrected chi connectivity index (χ0v) is 11.6. The van der Waals surface area contributed by atoms with Gasteiger partial charge in [0.15, 0.2) is 0 Å². The van der Waals surface area contributed by atoms with Crippen molar-refractivity contribution in [3.8, 4) is 17.0 Å². The van der Waals surface area contributed by atoms with Crippen molar-refractivity contribution in [2.45, 2.75) is 19.8 Å². The number of nitrogens with zero attached hydrogens (tertiary/aromatic N) is 2. The summed E-state index contributed by atoms with van der Waals surface area (Å²) in [4.78, 5) is 11.4. The molecular weight excluding hydrogens is 259 g/mol. The van der Waals surface area contributed by atoms with E-state index < -0.39 is 0 Å². The van der Waals surface area contributed by atoms with Crippen LogP contribution in [0.3, 0.4) is 0 Å². The second-order valence-corrected chi connectivity index (χ2v) is 4.52. The fourth-order valence-electron chi connectivity index (χ4n) is 1.80. The molecule has 5 heteroatoms. The smallest absolute Gasteiger partial charge is 0.266 e. The van der Waals surface area contributed by atoms with Gasteiger partial charge in [-0.05, 0) is 24.6 Å². The molecule has 0 fully saturated rings. The molecule has 0 saturated heterocycles. The van der Waals surface area contributed by atoms with Crippen molar-refractivity contribution in [1.82, 2.24) is 9.78 Å². The molecule has 0 radical (unpaired) electrons. The highest BCUT2D eigenvalue weighted by atomic mass is 19.1. The molecule has 2 aromatic rings. The van der Waals surface area contributed by atoms with Crippen molar-refractivity contribution < 1.29 is 9.13 Å². The molecule has 106 valence electrons. The Labute approximate surface area is 116 Å². The molecule has 0 aliphatic rings. The van der Waals surface area contributed by atoms with Crippen molar-refractivity contribution >= 4 is 0 Å². The van der Waals surface area contributed by atoms with Crippen LogP contribution < -0.4 is 10.3 Å². The summed E-state index contributed by atoms with van der Waals surface area (Å²) in [5.41, 5.74) is 1.07. The predicted molar refractivity (Wildman–Crippen MR) is 75.3 cm³/mol. The van der Waals surface area contributed by atoms with Gasteiger partial charge in [0, 0.05) is 24.7 Å². The Balaban J connectivity index is 2.38. The molecule has 0 N–H and O–H groups in total. The number of unbranched alkanes of at least 4 members (excludes halogenated alkanes) is 1. The Morgan fingerprint density at radius 3 is 2.80 bits per heavy atom. The minimum Gasteiger partial charge on any atom is -0.493 e. The first kappa shape index (κ1) is 14.2. The molecule has 0 aliphatic heterocycles. The first-order valence-electron chi connectivity index (χ1n) is 6.59. The normalized spacial score (nSPS) is 10.6. The molecular formula is C15H17FN2O2. The number of rotatable bonds is 5. The Morgan fingerprint density at radius 1 is 1.30 bits per heavy atom. The zero-order valence-electron chi connectivity index (χ0n) is 11.6. The molecule has 0 spiro atoms. The third-order valence-corrected chi connectivity index (χ3v) is 2.94. The molecule has 1 aromatic carbocycles. The Kier molecular flexibility index (Phi) is 4.50. The van der Waals surface area contributed by atoms with E-state index >= 15 is 0 Å². The van der Waals surface area contributed by atoms with E-state index in [1.807, 2.05) is 0 Å². The van der Waals surface area contributed by atoms with Gasteiger partial charge in [-0.2, -0.15) is 5.10 Å². The van der Waals surface area contributed by atoms with Crippen LogP contribution in [0.1, 0.15) is 19.8 Å². The van der Waals surface area contributed by atoms with Gasteiger partial charge in [-0.1, -0.05) is 13.3 Å². The van der Waals surface area contributed by atoms with Gasteiger partial charge in [0.25, 0.3) is 5.56 Å². The number of halogens is 1. The summed E-state index contributed by atoms with van der Waals surface area (Å²) in [5, 5.41) is 4.16. The van der Waals surface area contributed by atoms with E-state index in [0.29, 0.717) is 23.6 Å². The van der Waals surface area contributed by atoms with Crippen LogP contribution in [-0.2, 0) is 7.05 Å². The van der Waals surface area contributed by atoms with E-state index in [0.717, 1.165) is 12.8 Å². The van der Waals surface area contributed by atoms with Crippen LogP contribution in [0, 0.1) is 5.82 Å². The number of ether oxygens (including phenoxy) is 1. The molecule has 4 nitrogen and oxygen atoms in total. The minimum atomic E-state index is -0.356. The molecule has 0 saturated carbocycles. The van der Waals surface area contributed by atoms with Gasteiger partial charge in [0.1, 0.15) is 11.6 Å². The molecule has 0 amide bonds. The standard InChI is InChI=1S/C15H17FN2O2/c1-3-4-9-20-14-10-11(16)5-6-12(14)13-7-8-15(19)18(2)17-13/h5-8,10H,3-4,9H2,1-2H3. The van der Waals surface area contributed by atoms with Crippen molar-refractivity contribution in [1.29, 1.82) is 0 Å². The van der Waals surface area contributed by atoms with Gasteiger partial charge >= 0.3 is 0 Å². The van der Waals surface area contributed by atoms with E-state index in [1.54, 1.807) is 19.2 Å². The third kappa shape index (κ3) is 3.23. The highest BCUT2D eigenvalue weighted by molar-refractivity contribution is 5.66. The number of hydrogen-bond acceptors (Lipinski definition) is 3. The summed E-state index contributed by atoms with van der Waals surface area (Å²) >= 11 is 0. The fourth-order valence-corrected chi connectivity index (χ4v) is 1.80. The van der Waals surface area contributed by atoms with E-state index in [1.165, 1.54) is 22.9 Å². The monoisotopic (exact) mass is 276 g/mol. The maximum atomic E-state index is 13.4. The lowest BCUT2D eigenvalue weighted by Gasteiger charge is -2.11. The molecule has 0 atom stereocenters. The Bertz CT molecular complexity index is 653. The summed E-state index contributed by atoms with van der Waals surface area (Å²) in [6.07, 6.45) is 1.90. The fraction of sp³-hybridized carbons (Fsp3) is 0.333. The second kappa shape index (κ2) is 6.32. The largest absolute Gasteiger partial charge is 0.493 e. The summed E-state index contributed by atoms with van der Waals surface area (Å²) in [5.74, 6) is 0.0923. The summed E-state index contributed by atoms with van der Waals surface area (Å²) < 4.78 is 20.2. The first-order chi connectivity index (χ1) is 9.61. The van der Waals surface area contributed by atoms with Crippen molar-refractivity contribution in [3.05, 3.63) is 46.5 Å². The minimum absolute atomic E-state index is 0.190. The van der Waals surface area contributed by atoms with Crippen LogP contribution >= 0.6 is 0 Å². The lowest BCUT2D eigenvalue weighted by Crippen LogP contribution is -2.18. The van der Waals surface area contributed by atoms with Crippen molar-refractivity contribution in [2.24, 2.45) is 7.05 Å². The number of benzene rings is 1. The van der Waals surface area contributed by atoms with Gasteiger partial charge in [0.2, 0.25) is 0 Å². The van der Waals surface area contributed by atoms with E-state index in [9.17, 15) is 9.18 Å². The maximum Gasteiger partial charge on any atom is 0.266 e. The van der Waals surface area contributed by atoms with Crippen LogP contribution in [0.2, 0.25) is 0 Å². The number of hydrogen-bond donors (Lipinski definition) is 0. The number of aromatic nitrogens is 2. The Hall–Kier alpha value is -2.17. The maximum absolute atomic E-state index is 13.4. The molecule has 0 aliphatic carbocycles. The van der Waals surface area contributed by atoms with Crippen LogP contribution in [-0.4, -0.2) is 16.4 Å². The Morgan fingerprint density at radius 2 is 2.10 bits per heavy atom. The number of aryl methyl sites for hydroxylation is 1. The lowest BCUT2D eigenvalue weighted by atomic mass is 10.1. The highest BCUT2D eigenvalue weighted by Crippen LogP contribution is 2.29. The van der Waals surface area contributed by atoms with Crippen molar-refractivity contribution in [2.75, 3.05) is 6.61 Å². The molecule has 20 heavy (non-hydrogen) atoms. The van der Waals surface area contributed by atoms with Gasteiger partial charge < -0.3 is 4.74 Å². The predicted octanol–water partition coefficient (Wildman–Crippen LogP) is 2.77. The summed E-state index contributed by atoms with van der Waals surface area (Å²) in [6.45, 7) is 2.59. The zero-order chi connectivity index (χ0) is 14.5. The van der Waals surface area contributed by atoms with Gasteiger partial charge in [0.05, 0.1) is 12.3 Å². The molecule has 0 bridgehead atoms. The van der Waals surface area contributed by atoms with E-state index in [-0.39, 0.29) is 11.4 Å². The topological polar surface area (TPSA) is 44.1 Å². The second-order valence-electron chi connectivity index (χ2n) is 4.52. The van der Waals surface area contributed by atoms with Crippen molar-refractivity contribution in [3.63, 3.8) is 0 Å².